The van der Waals surface area contributed by atoms with Crippen LogP contribution in [0.25, 0.3) is 0 Å². The van der Waals surface area contributed by atoms with Gasteiger partial charge in [-0.15, -0.1) is 11.3 Å². The molecule has 0 aliphatic carbocycles. The fraction of sp³-hybridized carbons (Fsp3) is 0.400. The Morgan fingerprint density at radius 1 is 1.10 bits per heavy atom. The molecule has 0 bridgehead atoms. The minimum absolute atomic E-state index is 0.0732. The number of fused-ring (bicyclic) bond motifs is 1. The molecule has 3 heterocycles. The minimum atomic E-state index is -3.51. The normalized spacial score (nSPS) is 20.0. The van der Waals surface area contributed by atoms with Gasteiger partial charge in [0, 0.05) is 38.2 Å². The summed E-state index contributed by atoms with van der Waals surface area (Å²) >= 11 is 1.19. The van der Waals surface area contributed by atoms with Crippen molar-refractivity contribution in [2.45, 2.75) is 42.5 Å². The Morgan fingerprint density at radius 2 is 1.83 bits per heavy atom. The van der Waals surface area contributed by atoms with E-state index in [2.05, 4.69) is 4.72 Å². The molecule has 1 fully saturated rings. The molecule has 4 rings (SSSR count). The molecule has 0 radical (unpaired) electrons. The lowest BCUT2D eigenvalue weighted by atomic mass is 10.0. The van der Waals surface area contributed by atoms with Crippen LogP contribution in [0.2, 0.25) is 0 Å². The van der Waals surface area contributed by atoms with E-state index in [-0.39, 0.29) is 17.9 Å². The van der Waals surface area contributed by atoms with E-state index >= 15 is 0 Å². The van der Waals surface area contributed by atoms with Crippen molar-refractivity contribution in [2.24, 2.45) is 0 Å². The summed E-state index contributed by atoms with van der Waals surface area (Å²) in [5.74, 6) is -0.220. The number of carbonyl (C=O) groups excluding carboxylic acids is 2. The third-order valence-electron chi connectivity index (χ3n) is 5.49. The number of hydrogen-bond acceptors (Lipinski definition) is 5. The Hall–Kier alpha value is -2.23. The number of amides is 2. The number of sulfonamides is 1. The number of rotatable bonds is 4. The van der Waals surface area contributed by atoms with Crippen LogP contribution >= 0.6 is 11.3 Å². The number of anilines is 1. The van der Waals surface area contributed by atoms with Gasteiger partial charge in [-0.25, -0.2) is 13.1 Å². The van der Waals surface area contributed by atoms with Crippen LogP contribution in [0.3, 0.4) is 0 Å². The number of benzene rings is 1. The largest absolute Gasteiger partial charge is 0.341 e. The van der Waals surface area contributed by atoms with Crippen molar-refractivity contribution in [3.63, 3.8) is 0 Å². The fourth-order valence-electron chi connectivity index (χ4n) is 4.10. The molecule has 2 aliphatic heterocycles. The van der Waals surface area contributed by atoms with E-state index in [4.69, 9.17) is 0 Å². The lowest BCUT2D eigenvalue weighted by Gasteiger charge is -2.35. The van der Waals surface area contributed by atoms with Crippen LogP contribution in [0, 0.1) is 0 Å². The van der Waals surface area contributed by atoms with Crippen molar-refractivity contribution in [2.75, 3.05) is 18.0 Å². The highest BCUT2D eigenvalue weighted by atomic mass is 32.2. The quantitative estimate of drug-likeness (QED) is 0.799. The maximum Gasteiger partial charge on any atom is 0.250 e. The van der Waals surface area contributed by atoms with E-state index in [1.54, 1.807) is 27.3 Å². The summed E-state index contributed by atoms with van der Waals surface area (Å²) in [6, 6.07) is 10.2. The van der Waals surface area contributed by atoms with Gasteiger partial charge in [0.2, 0.25) is 21.8 Å². The van der Waals surface area contributed by atoms with Crippen molar-refractivity contribution < 1.29 is 18.0 Å². The zero-order valence-corrected chi connectivity index (χ0v) is 17.7. The molecule has 9 heteroatoms. The van der Waals surface area contributed by atoms with Crippen molar-refractivity contribution in [1.29, 1.82) is 0 Å². The zero-order valence-electron chi connectivity index (χ0n) is 16.1. The summed E-state index contributed by atoms with van der Waals surface area (Å²) in [6.07, 6.45) is 1.62. The molecule has 0 spiro atoms. The highest BCUT2D eigenvalue weighted by Crippen LogP contribution is 2.33. The first-order chi connectivity index (χ1) is 13.9. The summed E-state index contributed by atoms with van der Waals surface area (Å²) in [6.45, 7) is 2.41. The smallest absolute Gasteiger partial charge is 0.250 e. The molecule has 1 atom stereocenters. The number of para-hydroxylation sites is 1. The molecule has 154 valence electrons. The SMILES string of the molecule is CC(=O)N1c2ccccc2C[C@H]1C(=O)N1CCC(NS(=O)(=O)c2cccs2)CC1. The highest BCUT2D eigenvalue weighted by Gasteiger charge is 2.39. The Balaban J connectivity index is 1.40. The zero-order chi connectivity index (χ0) is 20.6. The summed E-state index contributed by atoms with van der Waals surface area (Å²) in [7, 11) is -3.51. The number of carbonyl (C=O) groups is 2. The van der Waals surface area contributed by atoms with Crippen LogP contribution in [0.4, 0.5) is 5.69 Å². The summed E-state index contributed by atoms with van der Waals surface area (Å²) in [5, 5.41) is 1.73. The Labute approximate surface area is 174 Å². The Kier molecular flexibility index (Phi) is 5.46. The third-order valence-corrected chi connectivity index (χ3v) is 8.41. The van der Waals surface area contributed by atoms with Crippen LogP contribution < -0.4 is 9.62 Å². The van der Waals surface area contributed by atoms with Gasteiger partial charge in [-0.3, -0.25) is 14.5 Å². The van der Waals surface area contributed by atoms with Gasteiger partial charge < -0.3 is 4.90 Å². The number of hydrogen-bond donors (Lipinski definition) is 1. The second kappa shape index (κ2) is 7.89. The van der Waals surface area contributed by atoms with Crippen molar-refractivity contribution in [1.82, 2.24) is 9.62 Å². The van der Waals surface area contributed by atoms with Gasteiger partial charge in [0.25, 0.3) is 0 Å². The molecule has 29 heavy (non-hydrogen) atoms. The molecular formula is C20H23N3O4S2. The van der Waals surface area contributed by atoms with Crippen LogP contribution in [0.1, 0.15) is 25.3 Å². The van der Waals surface area contributed by atoms with Gasteiger partial charge >= 0.3 is 0 Å². The molecule has 2 amide bonds. The Morgan fingerprint density at radius 3 is 2.48 bits per heavy atom. The first-order valence-electron chi connectivity index (χ1n) is 9.59. The van der Waals surface area contributed by atoms with Gasteiger partial charge in [-0.05, 0) is 35.9 Å². The van der Waals surface area contributed by atoms with Gasteiger partial charge in [0.15, 0.2) is 0 Å². The van der Waals surface area contributed by atoms with E-state index in [0.717, 1.165) is 11.3 Å². The number of likely N-dealkylation sites (tertiary alicyclic amines) is 1. The number of nitrogens with one attached hydrogen (secondary N) is 1. The standard InChI is InChI=1S/C20H23N3O4S2/c1-14(24)23-17-6-3-2-5-15(17)13-18(23)20(25)22-10-8-16(9-11-22)21-29(26,27)19-7-4-12-28-19/h2-7,12,16,18,21H,8-11,13H2,1H3/t18-/m0/s1. The van der Waals surface area contributed by atoms with E-state index in [9.17, 15) is 18.0 Å². The topological polar surface area (TPSA) is 86.8 Å². The highest BCUT2D eigenvalue weighted by molar-refractivity contribution is 7.91. The van der Waals surface area contributed by atoms with Gasteiger partial charge in [0.1, 0.15) is 10.3 Å². The molecule has 1 N–H and O–H groups in total. The molecule has 2 aromatic rings. The monoisotopic (exact) mass is 433 g/mol. The summed E-state index contributed by atoms with van der Waals surface area (Å²) in [5.41, 5.74) is 1.80. The van der Waals surface area contributed by atoms with Crippen LogP contribution in [0.5, 0.6) is 0 Å². The molecule has 0 unspecified atom stereocenters. The molecular weight excluding hydrogens is 410 g/mol. The first-order valence-corrected chi connectivity index (χ1v) is 12.0. The molecule has 1 aromatic heterocycles. The fourth-order valence-corrected chi connectivity index (χ4v) is 6.41. The van der Waals surface area contributed by atoms with Crippen molar-refractivity contribution in [3.8, 4) is 0 Å². The Bertz CT molecular complexity index is 1010. The molecule has 0 saturated carbocycles. The number of thiophene rings is 1. The predicted molar refractivity (Wildman–Crippen MR) is 111 cm³/mol. The van der Waals surface area contributed by atoms with Crippen molar-refractivity contribution in [3.05, 3.63) is 47.3 Å². The predicted octanol–water partition coefficient (Wildman–Crippen LogP) is 2.00. The molecule has 1 aromatic carbocycles. The minimum Gasteiger partial charge on any atom is -0.341 e. The number of piperidine rings is 1. The molecule has 7 nitrogen and oxygen atoms in total. The van der Waals surface area contributed by atoms with Crippen LogP contribution in [0.15, 0.2) is 46.0 Å². The summed E-state index contributed by atoms with van der Waals surface area (Å²) in [4.78, 5) is 28.7. The van der Waals surface area contributed by atoms with Gasteiger partial charge in [0.05, 0.1) is 0 Å². The van der Waals surface area contributed by atoms with Crippen LogP contribution in [-0.2, 0) is 26.0 Å². The molecule has 1 saturated heterocycles. The average molecular weight is 434 g/mol. The first kappa shape index (κ1) is 20.1. The lowest BCUT2D eigenvalue weighted by Crippen LogP contribution is -2.53. The van der Waals surface area contributed by atoms with Gasteiger partial charge in [-0.1, -0.05) is 24.3 Å². The van der Waals surface area contributed by atoms with Gasteiger partial charge in [-0.2, -0.15) is 0 Å². The average Bonchev–Trinajstić information content (AvgIpc) is 3.36. The molecule has 2 aliphatic rings. The second-order valence-electron chi connectivity index (χ2n) is 7.39. The van der Waals surface area contributed by atoms with E-state index in [1.165, 1.54) is 18.3 Å². The van der Waals surface area contributed by atoms with E-state index in [0.29, 0.717) is 36.6 Å². The maximum absolute atomic E-state index is 13.2. The second-order valence-corrected chi connectivity index (χ2v) is 10.3. The lowest BCUT2D eigenvalue weighted by molar-refractivity contribution is -0.135. The van der Waals surface area contributed by atoms with E-state index in [1.807, 2.05) is 24.3 Å². The summed E-state index contributed by atoms with van der Waals surface area (Å²) < 4.78 is 27.9. The van der Waals surface area contributed by atoms with E-state index < -0.39 is 16.1 Å². The van der Waals surface area contributed by atoms with Crippen LogP contribution in [-0.4, -0.2) is 50.3 Å². The maximum atomic E-state index is 13.2. The number of nitrogens with zero attached hydrogens (tertiary/aromatic N) is 2. The third kappa shape index (κ3) is 3.94. The van der Waals surface area contributed by atoms with Crippen molar-refractivity contribution >= 4 is 38.9 Å².